The van der Waals surface area contributed by atoms with Crippen molar-refractivity contribution in [3.05, 3.63) is 56.8 Å². The lowest BCUT2D eigenvalue weighted by molar-refractivity contribution is 0.102. The summed E-state index contributed by atoms with van der Waals surface area (Å²) in [5, 5.41) is 12.0. The molecule has 2 aromatic rings. The maximum atomic E-state index is 13.5. The second kappa shape index (κ2) is 5.87. The second-order valence-corrected chi connectivity index (χ2v) is 5.12. The van der Waals surface area contributed by atoms with Gasteiger partial charge in [-0.1, -0.05) is 34.8 Å². The number of carbonyl (C=O) groups excluding carboxylic acids is 1. The highest BCUT2D eigenvalue weighted by Crippen LogP contribution is 2.34. The van der Waals surface area contributed by atoms with Crippen molar-refractivity contribution in [1.29, 1.82) is 0 Å². The molecule has 0 atom stereocenters. The zero-order valence-corrected chi connectivity index (χ0v) is 12.0. The molecule has 7 heteroatoms. The molecular formula is C13H7Cl3FNO2. The van der Waals surface area contributed by atoms with Gasteiger partial charge in [0.25, 0.3) is 5.91 Å². The minimum Gasteiger partial charge on any atom is -0.505 e. The number of anilines is 1. The first-order valence-electron chi connectivity index (χ1n) is 5.33. The van der Waals surface area contributed by atoms with Crippen molar-refractivity contribution in [1.82, 2.24) is 0 Å². The Bertz CT molecular complexity index is 668. The van der Waals surface area contributed by atoms with E-state index in [1.807, 2.05) is 0 Å². The average Bonchev–Trinajstić information content (AvgIpc) is 2.38. The molecule has 0 fully saturated rings. The van der Waals surface area contributed by atoms with Crippen molar-refractivity contribution < 1.29 is 14.3 Å². The first kappa shape index (κ1) is 14.9. The summed E-state index contributed by atoms with van der Waals surface area (Å²) in [6.07, 6.45) is 0. The second-order valence-electron chi connectivity index (χ2n) is 3.87. The number of halogens is 4. The van der Waals surface area contributed by atoms with Gasteiger partial charge in [0, 0.05) is 10.7 Å². The lowest BCUT2D eigenvalue weighted by atomic mass is 10.2. The molecular weight excluding hydrogens is 328 g/mol. The molecule has 104 valence electrons. The van der Waals surface area contributed by atoms with Gasteiger partial charge in [-0.25, -0.2) is 4.39 Å². The number of nitrogens with one attached hydrogen (secondary N) is 1. The monoisotopic (exact) mass is 333 g/mol. The number of hydrogen-bond donors (Lipinski definition) is 2. The Kier molecular flexibility index (Phi) is 4.38. The van der Waals surface area contributed by atoms with Gasteiger partial charge >= 0.3 is 0 Å². The predicted molar refractivity (Wildman–Crippen MR) is 77.5 cm³/mol. The molecule has 0 aliphatic rings. The van der Waals surface area contributed by atoms with Crippen LogP contribution in [0.4, 0.5) is 10.1 Å². The Morgan fingerprint density at radius 3 is 2.30 bits per heavy atom. The highest BCUT2D eigenvalue weighted by Gasteiger charge is 2.14. The van der Waals surface area contributed by atoms with Crippen LogP contribution in [0.1, 0.15) is 10.4 Å². The largest absolute Gasteiger partial charge is 0.505 e. The maximum Gasteiger partial charge on any atom is 0.258 e. The van der Waals surface area contributed by atoms with E-state index in [0.717, 1.165) is 6.07 Å². The van der Waals surface area contributed by atoms with Crippen LogP contribution in [-0.4, -0.2) is 11.0 Å². The molecule has 0 heterocycles. The lowest BCUT2D eigenvalue weighted by Gasteiger charge is -2.08. The third-order valence-corrected chi connectivity index (χ3v) is 3.26. The first-order chi connectivity index (χ1) is 9.38. The Morgan fingerprint density at radius 1 is 1.10 bits per heavy atom. The number of carbonyl (C=O) groups is 1. The van der Waals surface area contributed by atoms with E-state index >= 15 is 0 Å². The molecule has 0 aliphatic heterocycles. The van der Waals surface area contributed by atoms with Crippen LogP contribution in [-0.2, 0) is 0 Å². The molecule has 2 N–H and O–H groups in total. The Balaban J connectivity index is 2.30. The minimum absolute atomic E-state index is 0.0284. The molecule has 0 bridgehead atoms. The van der Waals surface area contributed by atoms with Crippen molar-refractivity contribution in [2.24, 2.45) is 0 Å². The van der Waals surface area contributed by atoms with Crippen molar-refractivity contribution in [2.45, 2.75) is 0 Å². The smallest absolute Gasteiger partial charge is 0.258 e. The van der Waals surface area contributed by atoms with Gasteiger partial charge in [0.2, 0.25) is 0 Å². The summed E-state index contributed by atoms with van der Waals surface area (Å²) in [4.78, 5) is 11.9. The van der Waals surface area contributed by atoms with Crippen LogP contribution in [0.3, 0.4) is 0 Å². The topological polar surface area (TPSA) is 49.3 Å². The number of phenolic OH excluding ortho intramolecular Hbond substituents is 1. The van der Waals surface area contributed by atoms with E-state index in [0.29, 0.717) is 0 Å². The number of benzene rings is 2. The van der Waals surface area contributed by atoms with Gasteiger partial charge in [0.1, 0.15) is 5.82 Å². The quantitative estimate of drug-likeness (QED) is 0.779. The summed E-state index contributed by atoms with van der Waals surface area (Å²) in [5.41, 5.74) is 0.0139. The molecule has 0 saturated heterocycles. The van der Waals surface area contributed by atoms with E-state index in [-0.39, 0.29) is 32.1 Å². The summed E-state index contributed by atoms with van der Waals surface area (Å²) >= 11 is 17.2. The Morgan fingerprint density at radius 2 is 1.70 bits per heavy atom. The van der Waals surface area contributed by atoms with Crippen LogP contribution in [0, 0.1) is 5.82 Å². The summed E-state index contributed by atoms with van der Waals surface area (Å²) < 4.78 is 13.5. The Hall–Kier alpha value is -1.49. The van der Waals surface area contributed by atoms with Gasteiger partial charge in [0.05, 0.1) is 15.6 Å². The van der Waals surface area contributed by atoms with Gasteiger partial charge in [0.15, 0.2) is 5.75 Å². The lowest BCUT2D eigenvalue weighted by Crippen LogP contribution is -2.13. The summed E-state index contributed by atoms with van der Waals surface area (Å²) in [7, 11) is 0. The molecule has 1 amide bonds. The Labute approximate surface area is 128 Å². The van der Waals surface area contributed by atoms with Gasteiger partial charge in [-0.3, -0.25) is 4.79 Å². The number of rotatable bonds is 2. The molecule has 0 aromatic heterocycles. The molecule has 0 spiro atoms. The summed E-state index contributed by atoms with van der Waals surface area (Å²) in [6, 6.07) is 6.22. The average molecular weight is 335 g/mol. The third-order valence-electron chi connectivity index (χ3n) is 2.45. The van der Waals surface area contributed by atoms with Gasteiger partial charge in [-0.15, -0.1) is 0 Å². The molecule has 0 radical (unpaired) electrons. The fourth-order valence-electron chi connectivity index (χ4n) is 1.51. The normalized spacial score (nSPS) is 10.4. The molecule has 3 nitrogen and oxygen atoms in total. The number of amides is 1. The van der Waals surface area contributed by atoms with Crippen LogP contribution in [0.5, 0.6) is 5.75 Å². The highest BCUT2D eigenvalue weighted by molar-refractivity contribution is 6.37. The van der Waals surface area contributed by atoms with E-state index in [1.165, 1.54) is 24.3 Å². The predicted octanol–water partition coefficient (Wildman–Crippen LogP) is 4.74. The molecule has 20 heavy (non-hydrogen) atoms. The minimum atomic E-state index is -0.706. The fraction of sp³-hybridized carbons (Fsp3) is 0. The highest BCUT2D eigenvalue weighted by atomic mass is 35.5. The van der Waals surface area contributed by atoms with Gasteiger partial charge in [-0.2, -0.15) is 0 Å². The fourth-order valence-corrected chi connectivity index (χ4v) is 2.17. The van der Waals surface area contributed by atoms with Crippen LogP contribution in [0.2, 0.25) is 15.1 Å². The standard InChI is InChI=1S/C13H7Cl3FNO2/c14-6-1-2-11(17)8(3-6)13(20)18-7-4-9(15)12(19)10(16)5-7/h1-5,19H,(H,18,20). The number of hydrogen-bond acceptors (Lipinski definition) is 2. The third kappa shape index (κ3) is 3.15. The van der Waals surface area contributed by atoms with Crippen LogP contribution >= 0.6 is 34.8 Å². The van der Waals surface area contributed by atoms with Crippen LogP contribution < -0.4 is 5.32 Å². The van der Waals surface area contributed by atoms with Crippen molar-refractivity contribution in [3.63, 3.8) is 0 Å². The molecule has 0 unspecified atom stereocenters. The van der Waals surface area contributed by atoms with Crippen LogP contribution in [0.15, 0.2) is 30.3 Å². The SMILES string of the molecule is O=C(Nc1cc(Cl)c(O)c(Cl)c1)c1cc(Cl)ccc1F. The molecule has 2 rings (SSSR count). The molecule has 0 aliphatic carbocycles. The van der Waals surface area contributed by atoms with Crippen molar-refractivity contribution >= 4 is 46.4 Å². The van der Waals surface area contributed by atoms with E-state index < -0.39 is 11.7 Å². The number of aromatic hydroxyl groups is 1. The molecule has 2 aromatic carbocycles. The van der Waals surface area contributed by atoms with E-state index in [2.05, 4.69) is 5.32 Å². The summed E-state index contributed by atoms with van der Waals surface area (Å²) in [5.74, 6) is -1.70. The van der Waals surface area contributed by atoms with E-state index in [1.54, 1.807) is 0 Å². The maximum absolute atomic E-state index is 13.5. The zero-order chi connectivity index (χ0) is 14.9. The van der Waals surface area contributed by atoms with Crippen molar-refractivity contribution in [3.8, 4) is 5.75 Å². The number of phenols is 1. The van der Waals surface area contributed by atoms with Gasteiger partial charge < -0.3 is 10.4 Å². The zero-order valence-electron chi connectivity index (χ0n) is 9.75. The molecule has 0 saturated carbocycles. The first-order valence-corrected chi connectivity index (χ1v) is 6.46. The van der Waals surface area contributed by atoms with Crippen LogP contribution in [0.25, 0.3) is 0 Å². The van der Waals surface area contributed by atoms with Gasteiger partial charge in [-0.05, 0) is 30.3 Å². The van der Waals surface area contributed by atoms with E-state index in [9.17, 15) is 14.3 Å². The van der Waals surface area contributed by atoms with E-state index in [4.69, 9.17) is 34.8 Å². The van der Waals surface area contributed by atoms with Crippen molar-refractivity contribution in [2.75, 3.05) is 5.32 Å². The summed E-state index contributed by atoms with van der Waals surface area (Å²) in [6.45, 7) is 0.